The number of hydrogen-bond acceptors (Lipinski definition) is 5. The van der Waals surface area contributed by atoms with Gasteiger partial charge < -0.3 is 10.1 Å². The van der Waals surface area contributed by atoms with Crippen LogP contribution in [0.1, 0.15) is 31.2 Å². The van der Waals surface area contributed by atoms with Crippen LogP contribution in [0.4, 0.5) is 11.4 Å². The molecule has 1 N–H and O–H groups in total. The zero-order chi connectivity index (χ0) is 23.0. The number of benzene rings is 2. The molecule has 0 fully saturated rings. The maximum atomic E-state index is 13.5. The van der Waals surface area contributed by atoms with Crippen molar-refractivity contribution in [2.24, 2.45) is 0 Å². The second kappa shape index (κ2) is 8.45. The molecule has 32 heavy (non-hydrogen) atoms. The fourth-order valence-corrected chi connectivity index (χ4v) is 4.48. The quantitative estimate of drug-likeness (QED) is 0.461. The van der Waals surface area contributed by atoms with E-state index in [1.54, 1.807) is 18.2 Å². The number of nitrogens with zero attached hydrogens (tertiary/aromatic N) is 1. The molecule has 4 rings (SSSR count). The molecule has 0 unspecified atom stereocenters. The Morgan fingerprint density at radius 2 is 1.72 bits per heavy atom. The van der Waals surface area contributed by atoms with Crippen LogP contribution in [0.15, 0.2) is 65.7 Å². The molecule has 1 aliphatic rings. The first-order valence-electron chi connectivity index (χ1n) is 10.1. The molecule has 3 aromatic rings. The minimum atomic E-state index is -0.459. The molecule has 2 aromatic carbocycles. The van der Waals surface area contributed by atoms with Crippen molar-refractivity contribution < 1.29 is 14.3 Å². The summed E-state index contributed by atoms with van der Waals surface area (Å²) in [5.41, 5.74) is 2.77. The molecule has 0 saturated carbocycles. The highest BCUT2D eigenvalue weighted by molar-refractivity contribution is 7.11. The Labute approximate surface area is 196 Å². The number of carbonyl (C=O) groups is 2. The van der Waals surface area contributed by atoms with Crippen LogP contribution >= 0.6 is 22.9 Å². The van der Waals surface area contributed by atoms with Crippen molar-refractivity contribution in [3.8, 4) is 5.75 Å². The highest BCUT2D eigenvalue weighted by Gasteiger charge is 2.42. The van der Waals surface area contributed by atoms with Crippen molar-refractivity contribution in [1.82, 2.24) is 0 Å². The normalized spacial score (nSPS) is 14.3. The Morgan fingerprint density at radius 1 is 1.00 bits per heavy atom. The maximum Gasteiger partial charge on any atom is 0.282 e. The van der Waals surface area contributed by atoms with Crippen LogP contribution in [0, 0.1) is 0 Å². The number of imide groups is 1. The van der Waals surface area contributed by atoms with Gasteiger partial charge in [0, 0.05) is 15.6 Å². The first-order chi connectivity index (χ1) is 15.2. The molecular formula is C25H23ClN2O3S. The predicted octanol–water partition coefficient (Wildman–Crippen LogP) is 6.10. The molecule has 164 valence electrons. The van der Waals surface area contributed by atoms with Crippen molar-refractivity contribution in [1.29, 1.82) is 0 Å². The third kappa shape index (κ3) is 4.04. The van der Waals surface area contributed by atoms with E-state index in [1.807, 2.05) is 41.8 Å². The van der Waals surface area contributed by atoms with Crippen molar-refractivity contribution in [3.63, 3.8) is 0 Å². The van der Waals surface area contributed by atoms with Gasteiger partial charge in [-0.15, -0.1) is 11.3 Å². The standard InChI is InChI=1S/C25H23ClN2O3S/c1-25(2,3)15-7-10-17(11-8-15)27-22-21(20-6-5-13-32-20)23(29)28(24(22)30)18-14-16(26)9-12-19(18)31-4/h5-14,27H,1-4H3. The molecule has 0 bridgehead atoms. The number of methoxy groups -OCH3 is 1. The van der Waals surface area contributed by atoms with Gasteiger partial charge in [0.15, 0.2) is 0 Å². The number of nitrogens with one attached hydrogen (secondary N) is 1. The molecule has 2 heterocycles. The molecule has 1 aliphatic heterocycles. The van der Waals surface area contributed by atoms with Crippen LogP contribution in [-0.2, 0) is 15.0 Å². The van der Waals surface area contributed by atoms with Gasteiger partial charge in [0.25, 0.3) is 11.8 Å². The summed E-state index contributed by atoms with van der Waals surface area (Å²) in [5.74, 6) is -0.497. The minimum absolute atomic E-state index is 0.0129. The summed E-state index contributed by atoms with van der Waals surface area (Å²) >= 11 is 7.57. The van der Waals surface area contributed by atoms with Crippen LogP contribution in [-0.4, -0.2) is 18.9 Å². The maximum absolute atomic E-state index is 13.5. The number of amides is 2. The molecule has 7 heteroatoms. The van der Waals surface area contributed by atoms with Crippen molar-refractivity contribution in [2.75, 3.05) is 17.3 Å². The van der Waals surface area contributed by atoms with Gasteiger partial charge >= 0.3 is 0 Å². The van der Waals surface area contributed by atoms with Crippen LogP contribution < -0.4 is 15.0 Å². The van der Waals surface area contributed by atoms with Gasteiger partial charge in [-0.3, -0.25) is 9.59 Å². The van der Waals surface area contributed by atoms with Gasteiger partial charge in [0.05, 0.1) is 18.4 Å². The summed E-state index contributed by atoms with van der Waals surface area (Å²) in [6.07, 6.45) is 0. The fourth-order valence-electron chi connectivity index (χ4n) is 3.55. The molecule has 5 nitrogen and oxygen atoms in total. The van der Waals surface area contributed by atoms with E-state index in [2.05, 4.69) is 26.1 Å². The van der Waals surface area contributed by atoms with Crippen LogP contribution in [0.2, 0.25) is 5.02 Å². The number of thiophene rings is 1. The van der Waals surface area contributed by atoms with Gasteiger partial charge in [-0.25, -0.2) is 4.90 Å². The zero-order valence-electron chi connectivity index (χ0n) is 18.2. The average Bonchev–Trinajstić information content (AvgIpc) is 3.35. The highest BCUT2D eigenvalue weighted by atomic mass is 35.5. The minimum Gasteiger partial charge on any atom is -0.495 e. The number of halogens is 1. The molecule has 0 aliphatic carbocycles. The summed E-state index contributed by atoms with van der Waals surface area (Å²) in [6.45, 7) is 6.42. The number of anilines is 2. The molecule has 0 saturated heterocycles. The summed E-state index contributed by atoms with van der Waals surface area (Å²) < 4.78 is 5.39. The lowest BCUT2D eigenvalue weighted by Gasteiger charge is -2.20. The predicted molar refractivity (Wildman–Crippen MR) is 131 cm³/mol. The second-order valence-electron chi connectivity index (χ2n) is 8.44. The lowest BCUT2D eigenvalue weighted by Crippen LogP contribution is -2.32. The smallest absolute Gasteiger partial charge is 0.282 e. The first-order valence-corrected chi connectivity index (χ1v) is 11.3. The monoisotopic (exact) mass is 466 g/mol. The van der Waals surface area contributed by atoms with Crippen LogP contribution in [0.5, 0.6) is 5.75 Å². The van der Waals surface area contributed by atoms with E-state index in [9.17, 15) is 9.59 Å². The lowest BCUT2D eigenvalue weighted by molar-refractivity contribution is -0.120. The third-order valence-electron chi connectivity index (χ3n) is 5.25. The topological polar surface area (TPSA) is 58.6 Å². The van der Waals surface area contributed by atoms with Crippen molar-refractivity contribution in [2.45, 2.75) is 26.2 Å². The number of hydrogen-bond donors (Lipinski definition) is 1. The molecular weight excluding hydrogens is 444 g/mol. The van der Waals surface area contributed by atoms with E-state index in [-0.39, 0.29) is 11.1 Å². The average molecular weight is 467 g/mol. The molecule has 0 atom stereocenters. The first kappa shape index (κ1) is 22.1. The molecule has 2 amide bonds. The van der Waals surface area contributed by atoms with E-state index in [1.165, 1.54) is 24.0 Å². The Bertz CT molecular complexity index is 1210. The molecule has 1 aromatic heterocycles. The number of carbonyl (C=O) groups excluding carboxylic acids is 2. The van der Waals surface area contributed by atoms with Gasteiger partial charge in [0.2, 0.25) is 0 Å². The summed E-state index contributed by atoms with van der Waals surface area (Å²) in [7, 11) is 1.49. The SMILES string of the molecule is COc1ccc(Cl)cc1N1C(=O)C(Nc2ccc(C(C)(C)C)cc2)=C(c2cccs2)C1=O. The van der Waals surface area contributed by atoms with Gasteiger partial charge in [-0.1, -0.05) is 50.6 Å². The number of ether oxygens (including phenoxy) is 1. The largest absolute Gasteiger partial charge is 0.495 e. The Balaban J connectivity index is 1.77. The fraction of sp³-hybridized carbons (Fsp3) is 0.200. The van der Waals surface area contributed by atoms with Crippen LogP contribution in [0.3, 0.4) is 0 Å². The summed E-state index contributed by atoms with van der Waals surface area (Å²) in [5, 5.41) is 5.47. The highest BCUT2D eigenvalue weighted by Crippen LogP contribution is 2.40. The molecule has 0 spiro atoms. The second-order valence-corrected chi connectivity index (χ2v) is 9.83. The Kier molecular flexibility index (Phi) is 5.84. The number of rotatable bonds is 5. The molecule has 0 radical (unpaired) electrons. The van der Waals surface area contributed by atoms with Crippen molar-refractivity contribution in [3.05, 3.63) is 81.1 Å². The Morgan fingerprint density at radius 3 is 2.31 bits per heavy atom. The van der Waals surface area contributed by atoms with E-state index in [0.717, 1.165) is 10.6 Å². The lowest BCUT2D eigenvalue weighted by atomic mass is 9.87. The third-order valence-corrected chi connectivity index (χ3v) is 6.38. The van der Waals surface area contributed by atoms with E-state index in [4.69, 9.17) is 16.3 Å². The van der Waals surface area contributed by atoms with Crippen LogP contribution in [0.25, 0.3) is 5.57 Å². The van der Waals surface area contributed by atoms with Gasteiger partial charge in [0.1, 0.15) is 11.4 Å². The van der Waals surface area contributed by atoms with E-state index in [0.29, 0.717) is 26.9 Å². The van der Waals surface area contributed by atoms with Gasteiger partial charge in [-0.2, -0.15) is 0 Å². The van der Waals surface area contributed by atoms with E-state index < -0.39 is 11.8 Å². The summed E-state index contributed by atoms with van der Waals surface area (Å²) in [4.78, 5) is 28.8. The van der Waals surface area contributed by atoms with E-state index >= 15 is 0 Å². The van der Waals surface area contributed by atoms with Crippen molar-refractivity contribution >= 4 is 51.7 Å². The summed E-state index contributed by atoms with van der Waals surface area (Å²) in [6, 6.07) is 16.4. The zero-order valence-corrected chi connectivity index (χ0v) is 19.8. The Hall–Kier alpha value is -3.09. The van der Waals surface area contributed by atoms with Gasteiger partial charge in [-0.05, 0) is 52.8 Å².